The quantitative estimate of drug-likeness (QED) is 0.487. The van der Waals surface area contributed by atoms with Crippen LogP contribution >= 0.6 is 11.6 Å². The Balaban J connectivity index is 3.17. The van der Waals surface area contributed by atoms with Crippen LogP contribution in [0.3, 0.4) is 0 Å². The van der Waals surface area contributed by atoms with Crippen LogP contribution in [0.15, 0.2) is 6.07 Å². The molecule has 0 fully saturated rings. The SMILES string of the molecule is CCOC(=O)c1nc(CCl)c(OC(F)(F)F)cc1F. The van der Waals surface area contributed by atoms with Crippen LogP contribution in [0.25, 0.3) is 0 Å². The lowest BCUT2D eigenvalue weighted by Gasteiger charge is -2.12. The Kier molecular flexibility index (Phi) is 4.93. The summed E-state index contributed by atoms with van der Waals surface area (Å²) in [6.07, 6.45) is -5.01. The summed E-state index contributed by atoms with van der Waals surface area (Å²) in [4.78, 5) is 14.7. The van der Waals surface area contributed by atoms with Gasteiger partial charge in [0.1, 0.15) is 0 Å². The first-order valence-electron chi connectivity index (χ1n) is 4.96. The molecule has 19 heavy (non-hydrogen) atoms. The van der Waals surface area contributed by atoms with Crippen molar-refractivity contribution in [1.29, 1.82) is 0 Å². The number of hydrogen-bond donors (Lipinski definition) is 0. The highest BCUT2D eigenvalue weighted by Gasteiger charge is 2.33. The maximum Gasteiger partial charge on any atom is 0.573 e. The molecule has 1 aromatic rings. The molecule has 4 nitrogen and oxygen atoms in total. The fraction of sp³-hybridized carbons (Fsp3) is 0.400. The number of hydrogen-bond acceptors (Lipinski definition) is 4. The van der Waals surface area contributed by atoms with Crippen LogP contribution in [0, 0.1) is 5.82 Å². The topological polar surface area (TPSA) is 48.4 Å². The van der Waals surface area contributed by atoms with E-state index in [4.69, 9.17) is 11.6 Å². The van der Waals surface area contributed by atoms with Gasteiger partial charge in [0.2, 0.25) is 0 Å². The van der Waals surface area contributed by atoms with E-state index < -0.39 is 41.2 Å². The molecule has 0 amide bonds. The van der Waals surface area contributed by atoms with E-state index in [-0.39, 0.29) is 6.61 Å². The molecule has 1 rings (SSSR count). The number of pyridine rings is 1. The third kappa shape index (κ3) is 4.23. The lowest BCUT2D eigenvalue weighted by molar-refractivity contribution is -0.275. The van der Waals surface area contributed by atoms with Crippen LogP contribution in [0.5, 0.6) is 5.75 Å². The average molecular weight is 302 g/mol. The highest BCUT2D eigenvalue weighted by atomic mass is 35.5. The zero-order chi connectivity index (χ0) is 14.6. The molecule has 0 aliphatic rings. The van der Waals surface area contributed by atoms with E-state index in [1.165, 1.54) is 6.92 Å². The van der Waals surface area contributed by atoms with Gasteiger partial charge in [-0.1, -0.05) is 0 Å². The average Bonchev–Trinajstić information content (AvgIpc) is 2.27. The Labute approximate surface area is 110 Å². The third-order valence-electron chi connectivity index (χ3n) is 1.84. The number of carbonyl (C=O) groups is 1. The second-order valence-corrected chi connectivity index (χ2v) is 3.43. The van der Waals surface area contributed by atoms with Crippen molar-refractivity contribution < 1.29 is 31.8 Å². The normalized spacial score (nSPS) is 11.3. The fourth-order valence-corrected chi connectivity index (χ4v) is 1.35. The maximum absolute atomic E-state index is 13.5. The minimum atomic E-state index is -5.01. The van der Waals surface area contributed by atoms with Crippen LogP contribution < -0.4 is 4.74 Å². The van der Waals surface area contributed by atoms with Crippen LogP contribution in [-0.4, -0.2) is 23.9 Å². The molecule has 0 aliphatic carbocycles. The second-order valence-electron chi connectivity index (χ2n) is 3.17. The standard InChI is InChI=1S/C10H8ClF4NO3/c1-2-18-9(17)8-5(12)3-7(6(4-11)16-8)19-10(13,14)15/h3H,2,4H2,1H3. The molecule has 0 unspecified atom stereocenters. The van der Waals surface area contributed by atoms with Gasteiger partial charge in [0.25, 0.3) is 0 Å². The first-order chi connectivity index (χ1) is 8.78. The van der Waals surface area contributed by atoms with Gasteiger partial charge in [0.05, 0.1) is 18.2 Å². The van der Waals surface area contributed by atoms with Crippen molar-refractivity contribution >= 4 is 17.6 Å². The Hall–Kier alpha value is -1.57. The van der Waals surface area contributed by atoms with E-state index in [0.29, 0.717) is 6.07 Å². The van der Waals surface area contributed by atoms with E-state index in [0.717, 1.165) is 0 Å². The Bertz CT molecular complexity index is 479. The number of esters is 1. The molecular formula is C10H8ClF4NO3. The van der Waals surface area contributed by atoms with Gasteiger partial charge < -0.3 is 9.47 Å². The third-order valence-corrected chi connectivity index (χ3v) is 2.09. The zero-order valence-corrected chi connectivity index (χ0v) is 10.3. The largest absolute Gasteiger partial charge is 0.573 e. The first-order valence-corrected chi connectivity index (χ1v) is 5.50. The van der Waals surface area contributed by atoms with Crippen molar-refractivity contribution in [2.75, 3.05) is 6.61 Å². The minimum Gasteiger partial charge on any atom is -0.461 e. The number of nitrogens with zero attached hydrogens (tertiary/aromatic N) is 1. The van der Waals surface area contributed by atoms with Gasteiger partial charge in [-0.3, -0.25) is 0 Å². The highest BCUT2D eigenvalue weighted by molar-refractivity contribution is 6.17. The number of alkyl halides is 4. The smallest absolute Gasteiger partial charge is 0.461 e. The van der Waals surface area contributed by atoms with Gasteiger partial charge in [-0.2, -0.15) is 0 Å². The van der Waals surface area contributed by atoms with E-state index >= 15 is 0 Å². The number of rotatable bonds is 4. The van der Waals surface area contributed by atoms with Gasteiger partial charge >= 0.3 is 12.3 Å². The van der Waals surface area contributed by atoms with Crippen LogP contribution in [-0.2, 0) is 10.6 Å². The molecule has 106 valence electrons. The van der Waals surface area contributed by atoms with Crippen LogP contribution in [0.1, 0.15) is 23.1 Å². The molecule has 0 aliphatic heterocycles. The van der Waals surface area contributed by atoms with Gasteiger partial charge in [0, 0.05) is 6.07 Å². The summed E-state index contributed by atoms with van der Waals surface area (Å²) in [5.41, 5.74) is -1.16. The van der Waals surface area contributed by atoms with Crippen molar-refractivity contribution in [2.45, 2.75) is 19.2 Å². The fourth-order valence-electron chi connectivity index (χ4n) is 1.16. The minimum absolute atomic E-state index is 0.0308. The molecule has 1 aromatic heterocycles. The highest BCUT2D eigenvalue weighted by Crippen LogP contribution is 2.28. The van der Waals surface area contributed by atoms with Gasteiger partial charge in [0.15, 0.2) is 17.3 Å². The summed E-state index contributed by atoms with van der Waals surface area (Å²) in [6.45, 7) is 1.45. The predicted octanol–water partition coefficient (Wildman–Crippen LogP) is 3.03. The molecule has 0 saturated carbocycles. The van der Waals surface area contributed by atoms with Crippen LogP contribution in [0.2, 0.25) is 0 Å². The molecule has 9 heteroatoms. The molecule has 0 saturated heterocycles. The Morgan fingerprint density at radius 2 is 2.11 bits per heavy atom. The van der Waals surface area contributed by atoms with E-state index in [2.05, 4.69) is 14.5 Å². The van der Waals surface area contributed by atoms with Crippen molar-refractivity contribution in [3.63, 3.8) is 0 Å². The molecule has 0 radical (unpaired) electrons. The van der Waals surface area contributed by atoms with E-state index in [1.807, 2.05) is 0 Å². The summed E-state index contributed by atoms with van der Waals surface area (Å²) < 4.78 is 57.7. The summed E-state index contributed by atoms with van der Waals surface area (Å²) >= 11 is 5.38. The summed E-state index contributed by atoms with van der Waals surface area (Å²) in [5.74, 6) is -3.76. The lowest BCUT2D eigenvalue weighted by Crippen LogP contribution is -2.20. The zero-order valence-electron chi connectivity index (χ0n) is 9.55. The van der Waals surface area contributed by atoms with Crippen molar-refractivity contribution in [1.82, 2.24) is 4.98 Å². The van der Waals surface area contributed by atoms with Gasteiger partial charge in [-0.05, 0) is 6.92 Å². The molecule has 1 heterocycles. The maximum atomic E-state index is 13.5. The lowest BCUT2D eigenvalue weighted by atomic mass is 10.2. The Morgan fingerprint density at radius 3 is 2.58 bits per heavy atom. The molecule has 0 atom stereocenters. The van der Waals surface area contributed by atoms with Crippen molar-refractivity contribution in [3.05, 3.63) is 23.3 Å². The van der Waals surface area contributed by atoms with Crippen LogP contribution in [0.4, 0.5) is 17.6 Å². The van der Waals surface area contributed by atoms with Crippen molar-refractivity contribution in [2.24, 2.45) is 0 Å². The van der Waals surface area contributed by atoms with E-state index in [9.17, 15) is 22.4 Å². The summed E-state index contributed by atoms with van der Waals surface area (Å²) in [5, 5.41) is 0. The molecule has 0 bridgehead atoms. The molecule has 0 spiro atoms. The Morgan fingerprint density at radius 1 is 1.47 bits per heavy atom. The summed E-state index contributed by atoms with van der Waals surface area (Å²) in [7, 11) is 0. The molecule has 0 aromatic carbocycles. The first kappa shape index (κ1) is 15.5. The second kappa shape index (κ2) is 6.05. The monoisotopic (exact) mass is 301 g/mol. The van der Waals surface area contributed by atoms with Gasteiger partial charge in [-0.25, -0.2) is 14.2 Å². The van der Waals surface area contributed by atoms with Gasteiger partial charge in [-0.15, -0.1) is 24.8 Å². The number of carbonyl (C=O) groups excluding carboxylic acids is 1. The predicted molar refractivity (Wildman–Crippen MR) is 56.4 cm³/mol. The van der Waals surface area contributed by atoms with Crippen molar-refractivity contribution in [3.8, 4) is 5.75 Å². The number of halogens is 5. The summed E-state index contributed by atoms with van der Waals surface area (Å²) in [6, 6.07) is 0.393. The molecule has 0 N–H and O–H groups in total. The number of aromatic nitrogens is 1. The molecular weight excluding hydrogens is 294 g/mol. The number of ether oxygens (including phenoxy) is 2. The van der Waals surface area contributed by atoms with E-state index in [1.54, 1.807) is 0 Å².